The van der Waals surface area contributed by atoms with E-state index in [1.54, 1.807) is 11.9 Å². The Morgan fingerprint density at radius 2 is 1.56 bits per heavy atom. The van der Waals surface area contributed by atoms with Crippen LogP contribution in [0.15, 0.2) is 54.6 Å². The van der Waals surface area contributed by atoms with E-state index in [2.05, 4.69) is 10.6 Å². The molecular formula is C20H25N3O2. The molecule has 5 heteroatoms. The number of nitrogens with one attached hydrogen (secondary N) is 2. The summed E-state index contributed by atoms with van der Waals surface area (Å²) in [5.74, 6) is -0.253. The van der Waals surface area contributed by atoms with Gasteiger partial charge in [0.15, 0.2) is 0 Å². The lowest BCUT2D eigenvalue weighted by molar-refractivity contribution is -0.123. The summed E-state index contributed by atoms with van der Waals surface area (Å²) in [5.41, 5.74) is 2.95. The van der Waals surface area contributed by atoms with Gasteiger partial charge in [0, 0.05) is 5.69 Å². The van der Waals surface area contributed by atoms with Crippen LogP contribution in [0.1, 0.15) is 24.1 Å². The highest BCUT2D eigenvalue weighted by Gasteiger charge is 2.13. The Bertz CT molecular complexity index is 699. The lowest BCUT2D eigenvalue weighted by atomic mass is 10.1. The summed E-state index contributed by atoms with van der Waals surface area (Å²) < 4.78 is 0. The van der Waals surface area contributed by atoms with Crippen LogP contribution in [0.5, 0.6) is 0 Å². The first-order chi connectivity index (χ1) is 11.9. The van der Waals surface area contributed by atoms with Gasteiger partial charge in [-0.25, -0.2) is 0 Å². The number of benzene rings is 2. The van der Waals surface area contributed by atoms with Gasteiger partial charge < -0.3 is 10.6 Å². The molecule has 2 aromatic carbocycles. The third kappa shape index (κ3) is 6.39. The molecule has 25 heavy (non-hydrogen) atoms. The molecule has 0 aliphatic rings. The van der Waals surface area contributed by atoms with Gasteiger partial charge in [-0.3, -0.25) is 14.5 Å². The van der Waals surface area contributed by atoms with E-state index in [1.807, 2.05) is 68.4 Å². The standard InChI is InChI=1S/C20H25N3O2/c1-15-9-11-18(12-10-15)22-20(25)14-23(3)13-19(24)21-16(2)17-7-5-4-6-8-17/h4-12,16H,13-14H2,1-3H3,(H,21,24)(H,22,25). The number of amides is 2. The highest BCUT2D eigenvalue weighted by atomic mass is 16.2. The first-order valence-corrected chi connectivity index (χ1v) is 8.33. The van der Waals surface area contributed by atoms with Crippen molar-refractivity contribution < 1.29 is 9.59 Å². The van der Waals surface area contributed by atoms with Gasteiger partial charge in [0.25, 0.3) is 0 Å². The molecule has 0 aromatic heterocycles. The van der Waals surface area contributed by atoms with Crippen molar-refractivity contribution in [1.29, 1.82) is 0 Å². The molecule has 0 heterocycles. The van der Waals surface area contributed by atoms with Crippen molar-refractivity contribution >= 4 is 17.5 Å². The smallest absolute Gasteiger partial charge is 0.238 e. The van der Waals surface area contributed by atoms with Crippen LogP contribution in [0, 0.1) is 6.92 Å². The summed E-state index contributed by atoms with van der Waals surface area (Å²) in [4.78, 5) is 25.9. The van der Waals surface area contributed by atoms with Gasteiger partial charge in [0.1, 0.15) is 0 Å². The van der Waals surface area contributed by atoms with Gasteiger partial charge in [-0.15, -0.1) is 0 Å². The van der Waals surface area contributed by atoms with E-state index in [9.17, 15) is 9.59 Å². The molecule has 2 aromatic rings. The molecule has 0 spiro atoms. The number of anilines is 1. The van der Waals surface area contributed by atoms with Crippen LogP contribution in [0.4, 0.5) is 5.69 Å². The van der Waals surface area contributed by atoms with Gasteiger partial charge >= 0.3 is 0 Å². The highest BCUT2D eigenvalue weighted by molar-refractivity contribution is 5.92. The van der Waals surface area contributed by atoms with Gasteiger partial charge in [0.2, 0.25) is 11.8 Å². The fourth-order valence-corrected chi connectivity index (χ4v) is 2.50. The maximum absolute atomic E-state index is 12.1. The molecular weight excluding hydrogens is 314 g/mol. The van der Waals surface area contributed by atoms with Crippen LogP contribution >= 0.6 is 0 Å². The molecule has 2 N–H and O–H groups in total. The molecule has 5 nitrogen and oxygen atoms in total. The molecule has 0 aliphatic carbocycles. The molecule has 1 atom stereocenters. The molecule has 2 amide bonds. The zero-order valence-corrected chi connectivity index (χ0v) is 15.0. The number of nitrogens with zero attached hydrogens (tertiary/aromatic N) is 1. The molecule has 0 bridgehead atoms. The van der Waals surface area contributed by atoms with Crippen LogP contribution < -0.4 is 10.6 Å². The first kappa shape index (κ1) is 18.7. The molecule has 0 aliphatic heterocycles. The Labute approximate surface area is 149 Å². The van der Waals surface area contributed by atoms with Crippen LogP contribution in [0.3, 0.4) is 0 Å². The van der Waals surface area contributed by atoms with Crippen molar-refractivity contribution in [1.82, 2.24) is 10.2 Å². The maximum atomic E-state index is 12.1. The van der Waals surface area contributed by atoms with E-state index in [-0.39, 0.29) is 30.9 Å². The van der Waals surface area contributed by atoms with Crippen molar-refractivity contribution in [2.24, 2.45) is 0 Å². The van der Waals surface area contributed by atoms with Crippen LogP contribution in [-0.4, -0.2) is 36.9 Å². The summed E-state index contributed by atoms with van der Waals surface area (Å²) in [6, 6.07) is 17.3. The van der Waals surface area contributed by atoms with Crippen molar-refractivity contribution in [3.05, 3.63) is 65.7 Å². The van der Waals surface area contributed by atoms with Gasteiger partial charge in [0.05, 0.1) is 19.1 Å². The van der Waals surface area contributed by atoms with Crippen molar-refractivity contribution in [2.45, 2.75) is 19.9 Å². The number of carbonyl (C=O) groups excluding carboxylic acids is 2. The fraction of sp³-hybridized carbons (Fsp3) is 0.300. The highest BCUT2D eigenvalue weighted by Crippen LogP contribution is 2.11. The number of carbonyl (C=O) groups is 2. The number of likely N-dealkylation sites (N-methyl/N-ethyl adjacent to an activating group) is 1. The molecule has 0 fully saturated rings. The average molecular weight is 339 g/mol. The Hall–Kier alpha value is -2.66. The third-order valence-corrected chi connectivity index (χ3v) is 3.84. The molecule has 1 unspecified atom stereocenters. The number of hydrogen-bond donors (Lipinski definition) is 2. The second kappa shape index (κ2) is 8.99. The first-order valence-electron chi connectivity index (χ1n) is 8.33. The summed E-state index contributed by atoms with van der Waals surface area (Å²) >= 11 is 0. The monoisotopic (exact) mass is 339 g/mol. The van der Waals surface area contributed by atoms with E-state index in [1.165, 1.54) is 0 Å². The Morgan fingerprint density at radius 1 is 0.960 bits per heavy atom. The van der Waals surface area contributed by atoms with Crippen molar-refractivity contribution in [2.75, 3.05) is 25.5 Å². The van der Waals surface area contributed by atoms with E-state index < -0.39 is 0 Å². The topological polar surface area (TPSA) is 61.4 Å². The molecule has 0 saturated heterocycles. The lowest BCUT2D eigenvalue weighted by Crippen LogP contribution is -2.39. The zero-order chi connectivity index (χ0) is 18.2. The summed E-state index contributed by atoms with van der Waals surface area (Å²) in [7, 11) is 1.75. The third-order valence-electron chi connectivity index (χ3n) is 3.84. The van der Waals surface area contributed by atoms with Crippen LogP contribution in [0.25, 0.3) is 0 Å². The van der Waals surface area contributed by atoms with Crippen LogP contribution in [0.2, 0.25) is 0 Å². The minimum atomic E-state index is -0.143. The lowest BCUT2D eigenvalue weighted by Gasteiger charge is -2.19. The second-order valence-corrected chi connectivity index (χ2v) is 6.29. The zero-order valence-electron chi connectivity index (χ0n) is 15.0. The molecule has 0 saturated carbocycles. The molecule has 132 valence electrons. The summed E-state index contributed by atoms with van der Waals surface area (Å²) in [6.07, 6.45) is 0. The Kier molecular flexibility index (Phi) is 6.71. The predicted molar refractivity (Wildman–Crippen MR) is 100 cm³/mol. The van der Waals surface area contributed by atoms with E-state index >= 15 is 0 Å². The predicted octanol–water partition coefficient (Wildman–Crippen LogP) is 2.74. The largest absolute Gasteiger partial charge is 0.348 e. The number of hydrogen-bond acceptors (Lipinski definition) is 3. The minimum absolute atomic E-state index is 0.0662. The Balaban J connectivity index is 1.76. The summed E-state index contributed by atoms with van der Waals surface area (Å²) in [5, 5.41) is 5.77. The molecule has 2 rings (SSSR count). The van der Waals surface area contributed by atoms with Gasteiger partial charge in [-0.05, 0) is 38.6 Å². The maximum Gasteiger partial charge on any atom is 0.238 e. The van der Waals surface area contributed by atoms with Gasteiger partial charge in [-0.1, -0.05) is 48.0 Å². The minimum Gasteiger partial charge on any atom is -0.348 e. The average Bonchev–Trinajstić information content (AvgIpc) is 2.57. The SMILES string of the molecule is Cc1ccc(NC(=O)CN(C)CC(=O)NC(C)c2ccccc2)cc1. The number of aryl methyl sites for hydroxylation is 1. The van der Waals surface area contributed by atoms with Crippen molar-refractivity contribution in [3.63, 3.8) is 0 Å². The van der Waals surface area contributed by atoms with E-state index in [0.29, 0.717) is 0 Å². The quantitative estimate of drug-likeness (QED) is 0.815. The van der Waals surface area contributed by atoms with Crippen LogP contribution in [-0.2, 0) is 9.59 Å². The van der Waals surface area contributed by atoms with E-state index in [0.717, 1.165) is 16.8 Å². The Morgan fingerprint density at radius 3 is 2.20 bits per heavy atom. The summed E-state index contributed by atoms with van der Waals surface area (Å²) in [6.45, 7) is 4.26. The second-order valence-electron chi connectivity index (χ2n) is 6.29. The van der Waals surface area contributed by atoms with Crippen molar-refractivity contribution in [3.8, 4) is 0 Å². The van der Waals surface area contributed by atoms with Gasteiger partial charge in [-0.2, -0.15) is 0 Å². The normalized spacial score (nSPS) is 11.8. The number of rotatable bonds is 7. The molecule has 0 radical (unpaired) electrons. The fourth-order valence-electron chi connectivity index (χ4n) is 2.50. The van der Waals surface area contributed by atoms with E-state index in [4.69, 9.17) is 0 Å².